The normalized spacial score (nSPS) is 25.4. The third kappa shape index (κ3) is 2.93. The fraction of sp³-hybridized carbons (Fsp3) is 0.923. The molecule has 2 nitrogen and oxygen atoms in total. The summed E-state index contributed by atoms with van der Waals surface area (Å²) in [5.74, 6) is 1.09. The van der Waals surface area contributed by atoms with Crippen LogP contribution in [-0.2, 0) is 4.79 Å². The maximum absolute atomic E-state index is 11.8. The molecule has 1 N–H and O–H groups in total. The van der Waals surface area contributed by atoms with Crippen LogP contribution in [0.1, 0.15) is 51.9 Å². The summed E-state index contributed by atoms with van der Waals surface area (Å²) in [7, 11) is 0. The van der Waals surface area contributed by atoms with Crippen molar-refractivity contribution in [2.24, 2.45) is 10.8 Å². The van der Waals surface area contributed by atoms with E-state index in [-0.39, 0.29) is 11.3 Å². The molecule has 0 aromatic rings. The molecular weight excluding hydrogens is 218 g/mol. The van der Waals surface area contributed by atoms with Crippen molar-refractivity contribution in [2.75, 3.05) is 12.3 Å². The first-order valence-electron chi connectivity index (χ1n) is 6.45. The maximum Gasteiger partial charge on any atom is 0.220 e. The van der Waals surface area contributed by atoms with Crippen molar-refractivity contribution in [3.05, 3.63) is 0 Å². The summed E-state index contributed by atoms with van der Waals surface area (Å²) in [6.45, 7) is 3.17. The minimum atomic E-state index is 0.236. The van der Waals surface area contributed by atoms with E-state index < -0.39 is 0 Å². The van der Waals surface area contributed by atoms with Gasteiger partial charge in [-0.15, -0.1) is 0 Å². The second kappa shape index (κ2) is 4.59. The van der Waals surface area contributed by atoms with E-state index in [1.807, 2.05) is 0 Å². The van der Waals surface area contributed by atoms with E-state index in [0.29, 0.717) is 11.8 Å². The number of hydrogen-bond donors (Lipinski definition) is 2. The summed E-state index contributed by atoms with van der Waals surface area (Å²) >= 11 is 4.33. The average Bonchev–Trinajstić information content (AvgIpc) is 2.90. The zero-order valence-electron chi connectivity index (χ0n) is 10.2. The molecule has 0 heterocycles. The van der Waals surface area contributed by atoms with Gasteiger partial charge >= 0.3 is 0 Å². The molecule has 0 saturated heterocycles. The molecule has 0 spiro atoms. The number of rotatable bonds is 5. The van der Waals surface area contributed by atoms with Crippen molar-refractivity contribution in [1.82, 2.24) is 5.32 Å². The molecule has 0 aromatic carbocycles. The molecule has 2 fully saturated rings. The summed E-state index contributed by atoms with van der Waals surface area (Å²) in [4.78, 5) is 11.8. The number of nitrogens with one attached hydrogen (secondary N) is 1. The third-order valence-corrected chi connectivity index (χ3v) is 5.02. The number of thiol groups is 1. The molecule has 2 saturated carbocycles. The summed E-state index contributed by atoms with van der Waals surface area (Å²) in [5, 5.41) is 3.12. The molecule has 2 aliphatic carbocycles. The molecule has 0 aromatic heterocycles. The highest BCUT2D eigenvalue weighted by Crippen LogP contribution is 2.49. The van der Waals surface area contributed by atoms with Crippen molar-refractivity contribution in [3.63, 3.8) is 0 Å². The van der Waals surface area contributed by atoms with Crippen LogP contribution in [0.5, 0.6) is 0 Å². The van der Waals surface area contributed by atoms with Crippen molar-refractivity contribution in [1.29, 1.82) is 0 Å². The van der Waals surface area contributed by atoms with Crippen molar-refractivity contribution < 1.29 is 4.79 Å². The Morgan fingerprint density at radius 2 is 1.88 bits per heavy atom. The van der Waals surface area contributed by atoms with Crippen LogP contribution in [0.25, 0.3) is 0 Å². The molecule has 2 aliphatic rings. The smallest absolute Gasteiger partial charge is 0.220 e. The lowest BCUT2D eigenvalue weighted by Crippen LogP contribution is -2.35. The highest BCUT2D eigenvalue weighted by molar-refractivity contribution is 7.80. The van der Waals surface area contributed by atoms with E-state index in [1.54, 1.807) is 0 Å². The van der Waals surface area contributed by atoms with Gasteiger partial charge in [0.2, 0.25) is 5.91 Å². The first-order valence-corrected chi connectivity index (χ1v) is 7.08. The van der Waals surface area contributed by atoms with Crippen LogP contribution in [0.2, 0.25) is 0 Å². The second-order valence-corrected chi connectivity index (χ2v) is 6.45. The van der Waals surface area contributed by atoms with Gasteiger partial charge < -0.3 is 5.32 Å². The van der Waals surface area contributed by atoms with Crippen LogP contribution < -0.4 is 5.32 Å². The van der Waals surface area contributed by atoms with Crippen LogP contribution in [0, 0.1) is 10.8 Å². The maximum atomic E-state index is 11.8. The van der Waals surface area contributed by atoms with E-state index in [2.05, 4.69) is 24.9 Å². The molecule has 3 heteroatoms. The molecule has 0 atom stereocenters. The monoisotopic (exact) mass is 241 g/mol. The molecule has 0 aliphatic heterocycles. The van der Waals surface area contributed by atoms with E-state index >= 15 is 0 Å². The largest absolute Gasteiger partial charge is 0.356 e. The fourth-order valence-corrected chi connectivity index (χ4v) is 3.12. The number of hydrogen-bond acceptors (Lipinski definition) is 2. The van der Waals surface area contributed by atoms with Crippen molar-refractivity contribution in [2.45, 2.75) is 51.9 Å². The van der Waals surface area contributed by atoms with Crippen molar-refractivity contribution >= 4 is 18.5 Å². The SMILES string of the molecule is CC1(CNC(=O)CC2(CS)CC2)CCCC1. The summed E-state index contributed by atoms with van der Waals surface area (Å²) in [6, 6.07) is 0. The first-order chi connectivity index (χ1) is 7.58. The lowest BCUT2D eigenvalue weighted by molar-refractivity contribution is -0.122. The molecule has 92 valence electrons. The zero-order chi connectivity index (χ0) is 11.6. The Bertz CT molecular complexity index is 267. The number of carbonyl (C=O) groups is 1. The van der Waals surface area contributed by atoms with Gasteiger partial charge in [0.1, 0.15) is 0 Å². The Hall–Kier alpha value is -0.180. The lowest BCUT2D eigenvalue weighted by Gasteiger charge is -2.24. The van der Waals surface area contributed by atoms with Crippen LogP contribution in [0.3, 0.4) is 0 Å². The minimum Gasteiger partial charge on any atom is -0.356 e. The molecule has 0 unspecified atom stereocenters. The predicted molar refractivity (Wildman–Crippen MR) is 69.7 cm³/mol. The van der Waals surface area contributed by atoms with E-state index in [0.717, 1.165) is 12.3 Å². The van der Waals surface area contributed by atoms with Gasteiger partial charge in [0, 0.05) is 13.0 Å². The fourth-order valence-electron chi connectivity index (χ4n) is 2.69. The van der Waals surface area contributed by atoms with Crippen LogP contribution >= 0.6 is 12.6 Å². The van der Waals surface area contributed by atoms with Gasteiger partial charge in [-0.05, 0) is 42.3 Å². The Morgan fingerprint density at radius 3 is 2.38 bits per heavy atom. The number of amides is 1. The molecule has 16 heavy (non-hydrogen) atoms. The van der Waals surface area contributed by atoms with Gasteiger partial charge in [-0.3, -0.25) is 4.79 Å². The molecule has 0 bridgehead atoms. The summed E-state index contributed by atoms with van der Waals surface area (Å²) in [5.41, 5.74) is 0.622. The Labute approximate surface area is 104 Å². The summed E-state index contributed by atoms with van der Waals surface area (Å²) in [6.07, 6.45) is 8.24. The van der Waals surface area contributed by atoms with Gasteiger partial charge in [-0.1, -0.05) is 19.8 Å². The quantitative estimate of drug-likeness (QED) is 0.712. The second-order valence-electron chi connectivity index (χ2n) is 6.13. The lowest BCUT2D eigenvalue weighted by atomic mass is 9.89. The number of carbonyl (C=O) groups excluding carboxylic acids is 1. The summed E-state index contributed by atoms with van der Waals surface area (Å²) < 4.78 is 0. The van der Waals surface area contributed by atoms with E-state index in [1.165, 1.54) is 38.5 Å². The van der Waals surface area contributed by atoms with Gasteiger partial charge in [0.05, 0.1) is 0 Å². The standard InChI is InChI=1S/C13H23NOS/c1-12(4-2-3-5-12)9-14-11(15)8-13(10-16)6-7-13/h16H,2-10H2,1H3,(H,14,15). The van der Waals surface area contributed by atoms with Crippen LogP contribution in [-0.4, -0.2) is 18.2 Å². The van der Waals surface area contributed by atoms with Gasteiger partial charge in [0.15, 0.2) is 0 Å². The molecule has 0 radical (unpaired) electrons. The molecule has 2 rings (SSSR count). The highest BCUT2D eigenvalue weighted by atomic mass is 32.1. The molecule has 1 amide bonds. The highest BCUT2D eigenvalue weighted by Gasteiger charge is 2.43. The van der Waals surface area contributed by atoms with E-state index in [4.69, 9.17) is 0 Å². The first kappa shape index (κ1) is 12.3. The Kier molecular flexibility index (Phi) is 3.53. The predicted octanol–water partition coefficient (Wildman–Crippen LogP) is 2.78. The Balaban J connectivity index is 1.71. The Morgan fingerprint density at radius 1 is 1.25 bits per heavy atom. The van der Waals surface area contributed by atoms with Crippen LogP contribution in [0.4, 0.5) is 0 Å². The topological polar surface area (TPSA) is 29.1 Å². The van der Waals surface area contributed by atoms with Crippen molar-refractivity contribution in [3.8, 4) is 0 Å². The van der Waals surface area contributed by atoms with Gasteiger partial charge in [-0.2, -0.15) is 12.6 Å². The molecular formula is C13H23NOS. The third-order valence-electron chi connectivity index (χ3n) is 4.35. The van der Waals surface area contributed by atoms with Gasteiger partial charge in [-0.25, -0.2) is 0 Å². The van der Waals surface area contributed by atoms with Crippen LogP contribution in [0.15, 0.2) is 0 Å². The van der Waals surface area contributed by atoms with Gasteiger partial charge in [0.25, 0.3) is 0 Å². The average molecular weight is 241 g/mol. The minimum absolute atomic E-state index is 0.236. The van der Waals surface area contributed by atoms with E-state index in [9.17, 15) is 4.79 Å². The zero-order valence-corrected chi connectivity index (χ0v) is 11.1.